The van der Waals surface area contributed by atoms with E-state index in [1.54, 1.807) is 42.2 Å². The number of nitrogens with one attached hydrogen (secondary N) is 1. The molecule has 164 valence electrons. The van der Waals surface area contributed by atoms with Crippen molar-refractivity contribution in [2.45, 2.75) is 38.0 Å². The zero-order valence-electron chi connectivity index (χ0n) is 17.3. The molecule has 0 spiro atoms. The zero-order valence-corrected chi connectivity index (χ0v) is 19.7. The summed E-state index contributed by atoms with van der Waals surface area (Å²) in [6, 6.07) is 9.72. The van der Waals surface area contributed by atoms with Crippen molar-refractivity contribution in [1.29, 1.82) is 0 Å². The maximum absolute atomic E-state index is 12.9. The number of halogens is 1. The van der Waals surface area contributed by atoms with E-state index in [1.807, 2.05) is 0 Å². The summed E-state index contributed by atoms with van der Waals surface area (Å²) in [4.78, 5) is 37.6. The molecule has 0 saturated heterocycles. The Morgan fingerprint density at radius 1 is 1.16 bits per heavy atom. The molecule has 1 N–H and O–H groups in total. The summed E-state index contributed by atoms with van der Waals surface area (Å²) in [6.07, 6.45) is 0.762. The molecule has 0 aliphatic carbocycles. The Morgan fingerprint density at radius 3 is 2.58 bits per heavy atom. The van der Waals surface area contributed by atoms with Crippen LogP contribution in [-0.2, 0) is 25.8 Å². The molecule has 2 amide bonds. The second kappa shape index (κ2) is 9.32. The first-order valence-corrected chi connectivity index (χ1v) is 12.3. The molecule has 0 radical (unpaired) electrons. The molecule has 0 saturated carbocycles. The van der Waals surface area contributed by atoms with E-state index >= 15 is 0 Å². The van der Waals surface area contributed by atoms with E-state index in [-0.39, 0.29) is 28.8 Å². The average molecular weight is 507 g/mol. The SMILES string of the molecule is CCC(=O)N1CCc2cc(Br)c(S(=O)(=O)CCC(=O)Nc3cccc(C(C)=O)c3)cc21. The molecular weight excluding hydrogens is 484 g/mol. The Hall–Kier alpha value is -2.52. The molecule has 0 bridgehead atoms. The van der Waals surface area contributed by atoms with Crippen LogP contribution in [0.3, 0.4) is 0 Å². The molecule has 9 heteroatoms. The summed E-state index contributed by atoms with van der Waals surface area (Å²) in [5.41, 5.74) is 2.41. The third-order valence-corrected chi connectivity index (χ3v) is 7.79. The Morgan fingerprint density at radius 2 is 1.90 bits per heavy atom. The molecule has 3 rings (SSSR count). The number of fused-ring (bicyclic) bond motifs is 1. The fourth-order valence-corrected chi connectivity index (χ4v) is 5.90. The van der Waals surface area contributed by atoms with Crippen LogP contribution in [0.1, 0.15) is 42.6 Å². The number of benzene rings is 2. The minimum atomic E-state index is -3.78. The van der Waals surface area contributed by atoms with Crippen LogP contribution in [-0.4, -0.2) is 38.3 Å². The van der Waals surface area contributed by atoms with Crippen molar-refractivity contribution in [2.24, 2.45) is 0 Å². The van der Waals surface area contributed by atoms with Gasteiger partial charge in [0, 0.05) is 40.8 Å². The topological polar surface area (TPSA) is 101 Å². The molecule has 0 fully saturated rings. The number of carbonyl (C=O) groups excluding carboxylic acids is 3. The van der Waals surface area contributed by atoms with Crippen LogP contribution >= 0.6 is 15.9 Å². The fraction of sp³-hybridized carbons (Fsp3) is 0.318. The first-order chi connectivity index (χ1) is 14.6. The number of hydrogen-bond acceptors (Lipinski definition) is 5. The van der Waals surface area contributed by atoms with Crippen molar-refractivity contribution in [2.75, 3.05) is 22.5 Å². The van der Waals surface area contributed by atoms with Crippen molar-refractivity contribution >= 4 is 54.7 Å². The molecule has 2 aromatic rings. The van der Waals surface area contributed by atoms with Gasteiger partial charge in [-0.1, -0.05) is 19.1 Å². The Labute approximate surface area is 189 Å². The predicted molar refractivity (Wildman–Crippen MR) is 122 cm³/mol. The van der Waals surface area contributed by atoms with Crippen LogP contribution in [0.25, 0.3) is 0 Å². The fourth-order valence-electron chi connectivity index (χ4n) is 3.45. The number of sulfone groups is 1. The number of rotatable bonds is 7. The number of nitrogens with zero attached hydrogens (tertiary/aromatic N) is 1. The van der Waals surface area contributed by atoms with E-state index in [1.165, 1.54) is 13.0 Å². The lowest BCUT2D eigenvalue weighted by molar-refractivity contribution is -0.118. The number of ketones is 1. The summed E-state index contributed by atoms with van der Waals surface area (Å²) in [5, 5.41) is 2.63. The minimum absolute atomic E-state index is 0.0587. The van der Waals surface area contributed by atoms with Crippen LogP contribution in [0, 0.1) is 0 Å². The summed E-state index contributed by atoms with van der Waals surface area (Å²) in [7, 11) is -3.78. The van der Waals surface area contributed by atoms with E-state index in [9.17, 15) is 22.8 Å². The van der Waals surface area contributed by atoms with Gasteiger partial charge in [-0.3, -0.25) is 14.4 Å². The lowest BCUT2D eigenvalue weighted by Gasteiger charge is -2.18. The maximum atomic E-state index is 12.9. The third-order valence-electron chi connectivity index (χ3n) is 5.12. The van der Waals surface area contributed by atoms with Gasteiger partial charge >= 0.3 is 0 Å². The van der Waals surface area contributed by atoms with Gasteiger partial charge in [0.2, 0.25) is 11.8 Å². The molecule has 1 aliphatic rings. The van der Waals surface area contributed by atoms with Gasteiger partial charge < -0.3 is 10.2 Å². The molecular formula is C22H23BrN2O5S. The lowest BCUT2D eigenvalue weighted by Crippen LogP contribution is -2.28. The van der Waals surface area contributed by atoms with E-state index in [0.717, 1.165) is 5.56 Å². The van der Waals surface area contributed by atoms with Crippen molar-refractivity contribution in [3.8, 4) is 0 Å². The van der Waals surface area contributed by atoms with Crippen LogP contribution in [0.15, 0.2) is 45.8 Å². The zero-order chi connectivity index (χ0) is 22.8. The second-order valence-electron chi connectivity index (χ2n) is 7.31. The van der Waals surface area contributed by atoms with Gasteiger partial charge in [-0.25, -0.2) is 8.42 Å². The number of carbonyl (C=O) groups is 3. The van der Waals surface area contributed by atoms with Gasteiger partial charge in [-0.15, -0.1) is 0 Å². The normalized spacial score (nSPS) is 13.1. The molecule has 1 aliphatic heterocycles. The van der Waals surface area contributed by atoms with Gasteiger partial charge in [-0.2, -0.15) is 0 Å². The van der Waals surface area contributed by atoms with Crippen LogP contribution in [0.4, 0.5) is 11.4 Å². The molecule has 0 aromatic heterocycles. The summed E-state index contributed by atoms with van der Waals surface area (Å²) < 4.78 is 26.3. The highest BCUT2D eigenvalue weighted by Crippen LogP contribution is 2.36. The molecule has 31 heavy (non-hydrogen) atoms. The van der Waals surface area contributed by atoms with Crippen molar-refractivity contribution in [1.82, 2.24) is 0 Å². The van der Waals surface area contributed by atoms with E-state index in [0.29, 0.717) is 40.8 Å². The average Bonchev–Trinajstić information content (AvgIpc) is 3.14. The third kappa shape index (κ3) is 5.22. The summed E-state index contributed by atoms with van der Waals surface area (Å²) >= 11 is 3.33. The largest absolute Gasteiger partial charge is 0.326 e. The highest BCUT2D eigenvalue weighted by Gasteiger charge is 2.28. The molecule has 0 unspecified atom stereocenters. The summed E-state index contributed by atoms with van der Waals surface area (Å²) in [6.45, 7) is 3.72. The Bertz CT molecular complexity index is 1160. The standard InChI is InChI=1S/C22H23BrN2O5S/c1-3-22(28)25-9-7-16-12-18(23)20(13-19(16)25)31(29,30)10-8-21(27)24-17-6-4-5-15(11-17)14(2)26/h4-6,11-13H,3,7-10H2,1-2H3,(H,24,27). The van der Waals surface area contributed by atoms with Gasteiger partial charge in [-0.05, 0) is 59.1 Å². The quantitative estimate of drug-likeness (QED) is 0.576. The molecule has 2 aromatic carbocycles. The molecule has 1 heterocycles. The van der Waals surface area contributed by atoms with E-state index in [2.05, 4.69) is 21.2 Å². The van der Waals surface area contributed by atoms with Gasteiger partial charge in [0.1, 0.15) is 0 Å². The highest BCUT2D eigenvalue weighted by atomic mass is 79.9. The van der Waals surface area contributed by atoms with Crippen LogP contribution in [0.2, 0.25) is 0 Å². The number of hydrogen-bond donors (Lipinski definition) is 1. The van der Waals surface area contributed by atoms with Crippen molar-refractivity contribution in [3.63, 3.8) is 0 Å². The monoisotopic (exact) mass is 506 g/mol. The van der Waals surface area contributed by atoms with Gasteiger partial charge in [0.25, 0.3) is 0 Å². The predicted octanol–water partition coefficient (Wildman–Crippen LogP) is 3.75. The van der Waals surface area contributed by atoms with Gasteiger partial charge in [0.05, 0.1) is 10.6 Å². The summed E-state index contributed by atoms with van der Waals surface area (Å²) in [5.74, 6) is -1.04. The second-order valence-corrected chi connectivity index (χ2v) is 10.2. The number of anilines is 2. The lowest BCUT2D eigenvalue weighted by atomic mass is 10.1. The minimum Gasteiger partial charge on any atom is -0.326 e. The van der Waals surface area contributed by atoms with Crippen molar-refractivity contribution in [3.05, 3.63) is 52.0 Å². The number of amides is 2. The first-order valence-electron chi connectivity index (χ1n) is 9.88. The maximum Gasteiger partial charge on any atom is 0.226 e. The first kappa shape index (κ1) is 23.1. The Kier molecular flexibility index (Phi) is 6.96. The number of Topliss-reactive ketones (excluding diaryl/α,β-unsaturated/α-hetero) is 1. The van der Waals surface area contributed by atoms with Gasteiger partial charge in [0.15, 0.2) is 15.6 Å². The molecule has 7 nitrogen and oxygen atoms in total. The Balaban J connectivity index is 1.74. The molecule has 0 atom stereocenters. The van der Waals surface area contributed by atoms with Crippen LogP contribution in [0.5, 0.6) is 0 Å². The highest BCUT2D eigenvalue weighted by molar-refractivity contribution is 9.10. The van der Waals surface area contributed by atoms with Crippen LogP contribution < -0.4 is 10.2 Å². The van der Waals surface area contributed by atoms with E-state index in [4.69, 9.17) is 0 Å². The smallest absolute Gasteiger partial charge is 0.226 e. The van der Waals surface area contributed by atoms with E-state index < -0.39 is 15.7 Å². The van der Waals surface area contributed by atoms with Crippen molar-refractivity contribution < 1.29 is 22.8 Å².